The minimum absolute atomic E-state index is 0.691. The van der Waals surface area contributed by atoms with Gasteiger partial charge >= 0.3 is 0 Å². The molecule has 0 amide bonds. The largest absolute Gasteiger partial charge is 0.444 e. The number of oxazole rings is 1. The first-order valence-corrected chi connectivity index (χ1v) is 9.41. The van der Waals surface area contributed by atoms with E-state index < -0.39 is 0 Å². The van der Waals surface area contributed by atoms with Crippen molar-refractivity contribution in [2.75, 3.05) is 0 Å². The lowest BCUT2D eigenvalue weighted by molar-refractivity contribution is 0.574. The van der Waals surface area contributed by atoms with Gasteiger partial charge in [0.05, 0.1) is 6.20 Å². The van der Waals surface area contributed by atoms with E-state index in [-0.39, 0.29) is 0 Å². The first-order valence-electron chi connectivity index (χ1n) is 9.41. The van der Waals surface area contributed by atoms with Crippen molar-refractivity contribution in [3.8, 4) is 22.6 Å². The maximum absolute atomic E-state index is 5.77. The number of nitrogens with zero attached hydrogens (tertiary/aromatic N) is 1. The van der Waals surface area contributed by atoms with E-state index in [1.165, 1.54) is 55.3 Å². The average molecular weight is 355 g/mol. The number of hydrogen-bond donors (Lipinski definition) is 0. The van der Waals surface area contributed by atoms with Gasteiger partial charge in [0, 0.05) is 5.56 Å². The van der Waals surface area contributed by atoms with Crippen molar-refractivity contribution >= 4 is 10.8 Å². The van der Waals surface area contributed by atoms with E-state index in [9.17, 15) is 0 Å². The van der Waals surface area contributed by atoms with E-state index in [2.05, 4.69) is 76.9 Å². The first-order chi connectivity index (χ1) is 12.9. The summed E-state index contributed by atoms with van der Waals surface area (Å²) in [6.07, 6.45) is 3.38. The van der Waals surface area contributed by atoms with Crippen LogP contribution in [0.1, 0.15) is 33.4 Å². The zero-order chi connectivity index (χ0) is 19.3. The second-order valence-corrected chi connectivity index (χ2v) is 7.50. The van der Waals surface area contributed by atoms with E-state index in [1.807, 2.05) is 0 Å². The highest BCUT2D eigenvalue weighted by Crippen LogP contribution is 2.43. The van der Waals surface area contributed by atoms with Crippen LogP contribution in [0.5, 0.6) is 0 Å². The fourth-order valence-electron chi connectivity index (χ4n) is 4.13. The SMILES string of the molecule is Cc1cc(-c2c(C)c(C)c(C)c(C)c2-c2ncco2)c2ccccc2c1C. The summed E-state index contributed by atoms with van der Waals surface area (Å²) < 4.78 is 5.77. The molecule has 0 N–H and O–H groups in total. The number of rotatable bonds is 2. The van der Waals surface area contributed by atoms with E-state index >= 15 is 0 Å². The van der Waals surface area contributed by atoms with Gasteiger partial charge in [0.1, 0.15) is 6.26 Å². The van der Waals surface area contributed by atoms with Crippen LogP contribution in [0, 0.1) is 41.5 Å². The summed E-state index contributed by atoms with van der Waals surface area (Å²) in [5.41, 5.74) is 11.4. The van der Waals surface area contributed by atoms with Gasteiger partial charge in [-0.1, -0.05) is 30.3 Å². The molecule has 2 heteroatoms. The molecule has 0 fully saturated rings. The van der Waals surface area contributed by atoms with Gasteiger partial charge in [-0.15, -0.1) is 0 Å². The van der Waals surface area contributed by atoms with Crippen molar-refractivity contribution in [3.05, 3.63) is 76.2 Å². The van der Waals surface area contributed by atoms with E-state index in [0.29, 0.717) is 5.89 Å². The molecule has 0 aliphatic heterocycles. The quantitative estimate of drug-likeness (QED) is 0.386. The van der Waals surface area contributed by atoms with Crippen LogP contribution in [0.25, 0.3) is 33.4 Å². The zero-order valence-electron chi connectivity index (χ0n) is 16.9. The van der Waals surface area contributed by atoms with Crippen LogP contribution in [-0.4, -0.2) is 4.98 Å². The van der Waals surface area contributed by atoms with E-state index in [1.54, 1.807) is 12.5 Å². The highest BCUT2D eigenvalue weighted by Gasteiger charge is 2.22. The number of hydrogen-bond acceptors (Lipinski definition) is 2. The number of fused-ring (bicyclic) bond motifs is 1. The molecule has 1 aromatic heterocycles. The maximum atomic E-state index is 5.77. The molecule has 27 heavy (non-hydrogen) atoms. The molecule has 0 atom stereocenters. The highest BCUT2D eigenvalue weighted by atomic mass is 16.3. The Bertz CT molecular complexity index is 1170. The Balaban J connectivity index is 2.22. The van der Waals surface area contributed by atoms with Crippen LogP contribution in [-0.2, 0) is 0 Å². The third-order valence-corrected chi connectivity index (χ3v) is 6.18. The average Bonchev–Trinajstić information content (AvgIpc) is 3.20. The topological polar surface area (TPSA) is 26.0 Å². The van der Waals surface area contributed by atoms with Gasteiger partial charge < -0.3 is 4.42 Å². The summed E-state index contributed by atoms with van der Waals surface area (Å²) in [7, 11) is 0. The van der Waals surface area contributed by atoms with Gasteiger partial charge in [0.25, 0.3) is 0 Å². The smallest absolute Gasteiger partial charge is 0.226 e. The number of aromatic nitrogens is 1. The lowest BCUT2D eigenvalue weighted by Crippen LogP contribution is -2.01. The number of aryl methyl sites for hydroxylation is 2. The summed E-state index contributed by atoms with van der Waals surface area (Å²) >= 11 is 0. The van der Waals surface area contributed by atoms with Gasteiger partial charge in [-0.25, -0.2) is 4.98 Å². The monoisotopic (exact) mass is 355 g/mol. The molecular formula is C25H25NO. The third kappa shape index (κ3) is 2.59. The standard InChI is InChI=1S/C25H25NO/c1-14-13-22(21-10-8-7-9-20(21)15(14)2)23-18(5)16(3)17(4)19(6)24(23)25-26-11-12-27-25/h7-13H,1-6H3. The van der Waals surface area contributed by atoms with Gasteiger partial charge in [-0.3, -0.25) is 0 Å². The van der Waals surface area contributed by atoms with Gasteiger partial charge in [0.15, 0.2) is 0 Å². The molecule has 1 heterocycles. The third-order valence-electron chi connectivity index (χ3n) is 6.18. The normalized spacial score (nSPS) is 11.3. The molecule has 0 saturated heterocycles. The second kappa shape index (κ2) is 6.38. The second-order valence-electron chi connectivity index (χ2n) is 7.50. The van der Waals surface area contributed by atoms with Crippen molar-refractivity contribution in [1.82, 2.24) is 4.98 Å². The first kappa shape index (κ1) is 17.5. The molecule has 0 unspecified atom stereocenters. The highest BCUT2D eigenvalue weighted by molar-refractivity contribution is 6.03. The van der Waals surface area contributed by atoms with Crippen LogP contribution < -0.4 is 0 Å². The molecule has 4 rings (SSSR count). The Kier molecular flexibility index (Phi) is 4.15. The molecule has 0 aliphatic carbocycles. The lowest BCUT2D eigenvalue weighted by atomic mass is 9.82. The minimum Gasteiger partial charge on any atom is -0.444 e. The Morgan fingerprint density at radius 3 is 1.96 bits per heavy atom. The lowest BCUT2D eigenvalue weighted by Gasteiger charge is -2.22. The fraction of sp³-hybridized carbons (Fsp3) is 0.240. The summed E-state index contributed by atoms with van der Waals surface area (Å²) in [5, 5.41) is 2.58. The molecule has 0 saturated carbocycles. The fourth-order valence-corrected chi connectivity index (χ4v) is 4.13. The van der Waals surface area contributed by atoms with Crippen LogP contribution in [0.4, 0.5) is 0 Å². The van der Waals surface area contributed by atoms with Gasteiger partial charge in [-0.05, 0) is 96.8 Å². The predicted molar refractivity (Wildman–Crippen MR) is 113 cm³/mol. The Hall–Kier alpha value is -2.87. The molecule has 0 radical (unpaired) electrons. The summed E-state index contributed by atoms with van der Waals surface area (Å²) in [5.74, 6) is 0.691. The van der Waals surface area contributed by atoms with E-state index in [4.69, 9.17) is 4.42 Å². The Labute approximate surface area is 160 Å². The summed E-state index contributed by atoms with van der Waals surface area (Å²) in [6, 6.07) is 11.0. The maximum Gasteiger partial charge on any atom is 0.226 e. The summed E-state index contributed by atoms with van der Waals surface area (Å²) in [6.45, 7) is 13.2. The van der Waals surface area contributed by atoms with Crippen LogP contribution in [0.2, 0.25) is 0 Å². The molecule has 4 aromatic rings. The Morgan fingerprint density at radius 2 is 1.33 bits per heavy atom. The van der Waals surface area contributed by atoms with Gasteiger partial charge in [0.2, 0.25) is 5.89 Å². The van der Waals surface area contributed by atoms with Crippen LogP contribution in [0.15, 0.2) is 47.2 Å². The van der Waals surface area contributed by atoms with E-state index in [0.717, 1.165) is 5.56 Å². The van der Waals surface area contributed by atoms with Crippen molar-refractivity contribution in [3.63, 3.8) is 0 Å². The van der Waals surface area contributed by atoms with Crippen molar-refractivity contribution in [2.45, 2.75) is 41.5 Å². The molecule has 0 bridgehead atoms. The number of benzene rings is 3. The minimum atomic E-state index is 0.691. The van der Waals surface area contributed by atoms with Crippen LogP contribution in [0.3, 0.4) is 0 Å². The zero-order valence-corrected chi connectivity index (χ0v) is 16.9. The van der Waals surface area contributed by atoms with Crippen molar-refractivity contribution < 1.29 is 4.42 Å². The van der Waals surface area contributed by atoms with Gasteiger partial charge in [-0.2, -0.15) is 0 Å². The predicted octanol–water partition coefficient (Wildman–Crippen LogP) is 7.01. The molecular weight excluding hydrogens is 330 g/mol. The molecule has 2 nitrogen and oxygen atoms in total. The van der Waals surface area contributed by atoms with Crippen molar-refractivity contribution in [2.24, 2.45) is 0 Å². The molecule has 3 aromatic carbocycles. The molecule has 0 spiro atoms. The molecule has 136 valence electrons. The van der Waals surface area contributed by atoms with Crippen molar-refractivity contribution in [1.29, 1.82) is 0 Å². The molecule has 0 aliphatic rings. The van der Waals surface area contributed by atoms with Crippen LogP contribution >= 0.6 is 0 Å². The Morgan fingerprint density at radius 1 is 0.704 bits per heavy atom. The summed E-state index contributed by atoms with van der Waals surface area (Å²) in [4.78, 5) is 4.50.